The Bertz CT molecular complexity index is 1020. The molecule has 1 aromatic heterocycles. The third-order valence-electron chi connectivity index (χ3n) is 6.11. The molecule has 3 aromatic rings. The molecule has 1 N–H and O–H groups in total. The molecule has 2 heterocycles. The molecule has 1 saturated heterocycles. The maximum absolute atomic E-state index is 8.98. The molecule has 0 saturated carbocycles. The molecule has 1 aliphatic heterocycles. The topological polar surface area (TPSA) is 51.5 Å². The minimum Gasteiger partial charge on any atom is -0.485 e. The molecule has 1 fully saturated rings. The molecule has 0 unspecified atom stereocenters. The van der Waals surface area contributed by atoms with Crippen molar-refractivity contribution >= 4 is 11.3 Å². The van der Waals surface area contributed by atoms with Crippen molar-refractivity contribution in [3.05, 3.63) is 87.6 Å². The van der Waals surface area contributed by atoms with Crippen molar-refractivity contribution in [3.63, 3.8) is 0 Å². The number of rotatable bonds is 10. The Hall–Kier alpha value is -2.69. The van der Waals surface area contributed by atoms with Crippen LogP contribution < -0.4 is 10.1 Å². The maximum atomic E-state index is 8.98. The quantitative estimate of drug-likeness (QED) is 0.477. The third-order valence-corrected chi connectivity index (χ3v) is 7.07. The number of nitriles is 1. The lowest BCUT2D eigenvalue weighted by atomic mass is 10.1. The van der Waals surface area contributed by atoms with Crippen LogP contribution in [0.2, 0.25) is 0 Å². The van der Waals surface area contributed by atoms with Gasteiger partial charge in [-0.05, 0) is 48.8 Å². The number of nitrogens with one attached hydrogen (secondary N) is 1. The van der Waals surface area contributed by atoms with Crippen molar-refractivity contribution in [2.24, 2.45) is 0 Å². The van der Waals surface area contributed by atoms with Crippen molar-refractivity contribution in [3.8, 4) is 11.8 Å². The van der Waals surface area contributed by atoms with E-state index in [1.165, 1.54) is 16.0 Å². The molecule has 172 valence electrons. The summed E-state index contributed by atoms with van der Waals surface area (Å²) < 4.78 is 6.56. The van der Waals surface area contributed by atoms with Crippen LogP contribution in [0, 0.1) is 11.3 Å². The zero-order valence-electron chi connectivity index (χ0n) is 19.2. The van der Waals surface area contributed by atoms with Crippen LogP contribution in [0.4, 0.5) is 0 Å². The van der Waals surface area contributed by atoms with E-state index in [1.54, 1.807) is 11.3 Å². The summed E-state index contributed by atoms with van der Waals surface area (Å²) in [5.74, 6) is 0.993. The monoisotopic (exact) mass is 460 g/mol. The third kappa shape index (κ3) is 6.66. The Kier molecular flexibility index (Phi) is 8.51. The minimum atomic E-state index is 0.0721. The molecule has 0 bridgehead atoms. The summed E-state index contributed by atoms with van der Waals surface area (Å²) in [6.45, 7) is 6.94. The number of ether oxygens (including phenoxy) is 1. The van der Waals surface area contributed by atoms with Crippen LogP contribution in [0.3, 0.4) is 0 Å². The highest BCUT2D eigenvalue weighted by molar-refractivity contribution is 7.10. The average Bonchev–Trinajstić information content (AvgIpc) is 3.39. The molecule has 2 aromatic carbocycles. The predicted octanol–water partition coefficient (Wildman–Crippen LogP) is 4.67. The standard InChI is InChI=1S/C27H32N4OS/c1-29-13-12-26(27-7-4-18-33-27)32-25-6-3-2-5-24(25)21-31-16-14-30(15-17-31)20-23-10-8-22(19-28)9-11-23/h2-11,18,26,29H,12-17,20-21H2,1H3/t26-/m1/s1. The van der Waals surface area contributed by atoms with Gasteiger partial charge < -0.3 is 10.1 Å². The minimum absolute atomic E-state index is 0.0721. The van der Waals surface area contributed by atoms with Crippen molar-refractivity contribution in [1.82, 2.24) is 15.1 Å². The Morgan fingerprint density at radius 2 is 1.70 bits per heavy atom. The first-order valence-corrected chi connectivity index (χ1v) is 12.5. The van der Waals surface area contributed by atoms with Crippen molar-refractivity contribution < 1.29 is 4.74 Å². The number of para-hydroxylation sites is 1. The zero-order chi connectivity index (χ0) is 22.9. The number of thiophene rings is 1. The summed E-state index contributed by atoms with van der Waals surface area (Å²) in [5, 5.41) is 14.3. The summed E-state index contributed by atoms with van der Waals surface area (Å²) in [7, 11) is 1.99. The SMILES string of the molecule is CNCC[C@@H](Oc1ccccc1CN1CCN(Cc2ccc(C#N)cc2)CC1)c1cccs1. The van der Waals surface area contributed by atoms with E-state index in [9.17, 15) is 0 Å². The van der Waals surface area contributed by atoms with Crippen LogP contribution in [-0.2, 0) is 13.1 Å². The van der Waals surface area contributed by atoms with Crippen LogP contribution in [-0.4, -0.2) is 49.6 Å². The van der Waals surface area contributed by atoms with Crippen molar-refractivity contribution in [1.29, 1.82) is 5.26 Å². The lowest BCUT2D eigenvalue weighted by Crippen LogP contribution is -2.45. The van der Waals surface area contributed by atoms with Gasteiger partial charge >= 0.3 is 0 Å². The van der Waals surface area contributed by atoms with Crippen LogP contribution in [0.5, 0.6) is 5.75 Å². The van der Waals surface area contributed by atoms with E-state index in [-0.39, 0.29) is 6.10 Å². The summed E-state index contributed by atoms with van der Waals surface area (Å²) in [5.41, 5.74) is 3.24. The summed E-state index contributed by atoms with van der Waals surface area (Å²) in [6.07, 6.45) is 1.02. The lowest BCUT2D eigenvalue weighted by Gasteiger charge is -2.35. The van der Waals surface area contributed by atoms with Gasteiger partial charge in [-0.3, -0.25) is 9.80 Å². The Balaban J connectivity index is 1.34. The van der Waals surface area contributed by atoms with Crippen LogP contribution >= 0.6 is 11.3 Å². The van der Waals surface area contributed by atoms with E-state index in [1.807, 2.05) is 19.2 Å². The molecule has 0 amide bonds. The molecule has 1 aliphatic rings. The van der Waals surface area contributed by atoms with Gasteiger partial charge in [0.05, 0.1) is 11.6 Å². The number of benzene rings is 2. The second-order valence-electron chi connectivity index (χ2n) is 8.48. The fourth-order valence-corrected chi connectivity index (χ4v) is 4.99. The average molecular weight is 461 g/mol. The zero-order valence-corrected chi connectivity index (χ0v) is 20.1. The highest BCUT2D eigenvalue weighted by atomic mass is 32.1. The number of hydrogen-bond donors (Lipinski definition) is 1. The second kappa shape index (κ2) is 12.0. The molecule has 33 heavy (non-hydrogen) atoms. The van der Waals surface area contributed by atoms with Gasteiger partial charge in [0.15, 0.2) is 0 Å². The fourth-order valence-electron chi connectivity index (χ4n) is 4.20. The summed E-state index contributed by atoms with van der Waals surface area (Å²) in [6, 6.07) is 22.9. The van der Waals surface area contributed by atoms with Crippen LogP contribution in [0.25, 0.3) is 0 Å². The first-order valence-electron chi connectivity index (χ1n) is 11.6. The molecule has 4 rings (SSSR count). The van der Waals surface area contributed by atoms with E-state index < -0.39 is 0 Å². The first kappa shape index (κ1) is 23.5. The Morgan fingerprint density at radius 3 is 2.36 bits per heavy atom. The van der Waals surface area contributed by atoms with E-state index in [0.717, 1.165) is 63.5 Å². The molecular formula is C27H32N4OS. The lowest BCUT2D eigenvalue weighted by molar-refractivity contribution is 0.119. The van der Waals surface area contributed by atoms with Gasteiger partial charge in [0, 0.05) is 56.1 Å². The van der Waals surface area contributed by atoms with Gasteiger partial charge in [0.25, 0.3) is 0 Å². The number of nitrogens with zero attached hydrogens (tertiary/aromatic N) is 3. The largest absolute Gasteiger partial charge is 0.485 e. The first-order chi connectivity index (χ1) is 16.2. The van der Waals surface area contributed by atoms with Crippen molar-refractivity contribution in [2.75, 3.05) is 39.8 Å². The number of hydrogen-bond acceptors (Lipinski definition) is 6. The van der Waals surface area contributed by atoms with Gasteiger partial charge in [-0.2, -0.15) is 5.26 Å². The molecule has 0 spiro atoms. The van der Waals surface area contributed by atoms with Gasteiger partial charge in [0.1, 0.15) is 11.9 Å². The summed E-state index contributed by atoms with van der Waals surface area (Å²) >= 11 is 1.76. The molecular weight excluding hydrogens is 428 g/mol. The van der Waals surface area contributed by atoms with E-state index in [4.69, 9.17) is 10.00 Å². The smallest absolute Gasteiger partial charge is 0.134 e. The fraction of sp³-hybridized carbons (Fsp3) is 0.370. The van der Waals surface area contributed by atoms with Gasteiger partial charge in [0.2, 0.25) is 0 Å². The highest BCUT2D eigenvalue weighted by Crippen LogP contribution is 2.30. The molecule has 0 radical (unpaired) electrons. The molecule has 6 heteroatoms. The Morgan fingerprint density at radius 1 is 0.970 bits per heavy atom. The van der Waals surface area contributed by atoms with Gasteiger partial charge in [-0.15, -0.1) is 11.3 Å². The van der Waals surface area contributed by atoms with E-state index in [0.29, 0.717) is 0 Å². The van der Waals surface area contributed by atoms with Crippen LogP contribution in [0.1, 0.15) is 34.1 Å². The number of piperazine rings is 1. The van der Waals surface area contributed by atoms with Crippen LogP contribution in [0.15, 0.2) is 66.0 Å². The molecule has 0 aliphatic carbocycles. The second-order valence-corrected chi connectivity index (χ2v) is 9.46. The molecule has 1 atom stereocenters. The van der Waals surface area contributed by atoms with Gasteiger partial charge in [-0.25, -0.2) is 0 Å². The Labute approximate surface area is 201 Å². The normalized spacial score (nSPS) is 15.8. The predicted molar refractivity (Wildman–Crippen MR) is 134 cm³/mol. The maximum Gasteiger partial charge on any atom is 0.134 e. The van der Waals surface area contributed by atoms with Gasteiger partial charge in [-0.1, -0.05) is 36.4 Å². The summed E-state index contributed by atoms with van der Waals surface area (Å²) in [4.78, 5) is 6.28. The van der Waals surface area contributed by atoms with E-state index in [2.05, 4.69) is 75.1 Å². The highest BCUT2D eigenvalue weighted by Gasteiger charge is 2.20. The van der Waals surface area contributed by atoms with E-state index >= 15 is 0 Å². The van der Waals surface area contributed by atoms with Crippen molar-refractivity contribution in [2.45, 2.75) is 25.6 Å². The molecule has 5 nitrogen and oxygen atoms in total.